The van der Waals surface area contributed by atoms with Gasteiger partial charge in [-0.25, -0.2) is 14.6 Å². The summed E-state index contributed by atoms with van der Waals surface area (Å²) in [6.45, 7) is 2.59. The van der Waals surface area contributed by atoms with Gasteiger partial charge in [0.05, 0.1) is 6.21 Å². The SMILES string of the molecule is CC(C)(O/N=C(\C(=O)N[C@@H]1C(=O)N2C(C(=O)O)=C(C[N+]34C=NN=C3C=CC=N4)CSC12)c1csc(N)n1)C(=O)O. The van der Waals surface area contributed by atoms with E-state index in [-0.39, 0.29) is 33.4 Å². The number of carboxylic acids is 2. The van der Waals surface area contributed by atoms with E-state index in [0.29, 0.717) is 11.4 Å². The van der Waals surface area contributed by atoms with Gasteiger partial charge in [-0.3, -0.25) is 14.5 Å². The standard InChI is InChI=1S/C22H21N9O7S2/c1-22(2,20(36)37)38-29-13(11-8-40-21(23)26-11)16(32)27-14-17(33)30-15(19(34)35)10(7-39-18(14)30)6-31-9-24-28-12(31)4-3-5-25-31/h3-5,8-9,14,18H,6-7H2,1-2H3,(H4-,23,26,27,32,34,35,36,37)/p+1/b29-13-/t14-,18?,31?/m1/s1. The normalized spacial score (nSPS) is 25.2. The minimum absolute atomic E-state index is 0.0179. The first-order valence-electron chi connectivity index (χ1n) is 11.6. The van der Waals surface area contributed by atoms with Crippen LogP contribution in [-0.2, 0) is 24.0 Å². The number of nitrogens with one attached hydrogen (secondary N) is 1. The summed E-state index contributed by atoms with van der Waals surface area (Å²) >= 11 is 2.29. The number of rotatable bonds is 9. The first-order chi connectivity index (χ1) is 18.9. The molecule has 0 aliphatic carbocycles. The Labute approximate surface area is 233 Å². The van der Waals surface area contributed by atoms with E-state index in [9.17, 15) is 29.4 Å². The lowest BCUT2D eigenvalue weighted by Gasteiger charge is -2.49. The van der Waals surface area contributed by atoms with Gasteiger partial charge in [-0.1, -0.05) is 20.5 Å². The number of hydrogen-bond acceptors (Lipinski definition) is 13. The molecule has 2 unspecified atom stereocenters. The molecule has 5 N–H and O–H groups in total. The molecular weight excluding hydrogens is 566 g/mol. The molecule has 208 valence electrons. The number of allylic oxidation sites excluding steroid dienone is 1. The number of thiazole rings is 1. The van der Waals surface area contributed by atoms with E-state index in [0.717, 1.165) is 16.2 Å². The van der Waals surface area contributed by atoms with Crippen molar-refractivity contribution in [2.45, 2.75) is 30.9 Å². The summed E-state index contributed by atoms with van der Waals surface area (Å²) in [6, 6.07) is -1.09. The van der Waals surface area contributed by atoms with Crippen LogP contribution in [0, 0.1) is 0 Å². The van der Waals surface area contributed by atoms with Crippen molar-refractivity contribution in [3.05, 3.63) is 34.5 Å². The van der Waals surface area contributed by atoms with E-state index in [1.165, 1.54) is 37.3 Å². The van der Waals surface area contributed by atoms with E-state index in [4.69, 9.17) is 10.6 Å². The van der Waals surface area contributed by atoms with Crippen molar-refractivity contribution in [1.82, 2.24) is 15.2 Å². The predicted molar refractivity (Wildman–Crippen MR) is 144 cm³/mol. The summed E-state index contributed by atoms with van der Waals surface area (Å²) in [6.07, 6.45) is 6.46. The van der Waals surface area contributed by atoms with Crippen LogP contribution in [0.3, 0.4) is 0 Å². The molecule has 0 radical (unpaired) electrons. The summed E-state index contributed by atoms with van der Waals surface area (Å²) in [4.78, 5) is 60.4. The lowest BCUT2D eigenvalue weighted by atomic mass is 10.0. The molecule has 5 heterocycles. The van der Waals surface area contributed by atoms with Crippen molar-refractivity contribution in [2.24, 2.45) is 20.5 Å². The van der Waals surface area contributed by atoms with Crippen LogP contribution in [0.1, 0.15) is 19.5 Å². The van der Waals surface area contributed by atoms with Gasteiger partial charge in [-0.2, -0.15) is 0 Å². The van der Waals surface area contributed by atoms with Crippen molar-refractivity contribution < 1.29 is 38.8 Å². The topological polar surface area (TPSA) is 222 Å². The van der Waals surface area contributed by atoms with Crippen LogP contribution in [0.25, 0.3) is 0 Å². The second-order valence-electron chi connectivity index (χ2n) is 9.33. The zero-order chi connectivity index (χ0) is 28.8. The van der Waals surface area contributed by atoms with Crippen LogP contribution in [-0.4, -0.2) is 102 Å². The molecule has 1 saturated heterocycles. The Hall–Kier alpha value is -4.42. The number of β-lactam (4-membered cyclic amide) rings is 1. The Morgan fingerprint density at radius 1 is 1.35 bits per heavy atom. The third-order valence-corrected chi connectivity index (χ3v) is 8.25. The number of nitrogens with zero attached hydrogens (tertiary/aromatic N) is 7. The van der Waals surface area contributed by atoms with Crippen LogP contribution in [0.5, 0.6) is 0 Å². The Bertz CT molecular complexity index is 1510. The number of quaternary nitrogens is 1. The van der Waals surface area contributed by atoms with Gasteiger partial charge in [0.15, 0.2) is 10.8 Å². The largest absolute Gasteiger partial charge is 0.478 e. The maximum absolute atomic E-state index is 13.2. The van der Waals surface area contributed by atoms with Crippen molar-refractivity contribution >= 4 is 76.1 Å². The Morgan fingerprint density at radius 2 is 2.12 bits per heavy atom. The van der Waals surface area contributed by atoms with Gasteiger partial charge in [-0.05, 0) is 19.9 Å². The van der Waals surface area contributed by atoms with Crippen LogP contribution < -0.4 is 11.1 Å². The summed E-state index contributed by atoms with van der Waals surface area (Å²) in [5.41, 5.74) is 3.80. The molecular formula is C22H22N9O7S2+. The molecule has 1 aromatic rings. The molecule has 2 amide bonds. The quantitative estimate of drug-likeness (QED) is 0.128. The Kier molecular flexibility index (Phi) is 6.76. The van der Waals surface area contributed by atoms with E-state index in [2.05, 4.69) is 30.8 Å². The van der Waals surface area contributed by atoms with Crippen molar-refractivity contribution in [3.63, 3.8) is 0 Å². The van der Waals surface area contributed by atoms with Gasteiger partial charge in [0.25, 0.3) is 17.6 Å². The smallest absolute Gasteiger partial charge is 0.352 e. The molecule has 1 fully saturated rings. The number of amides is 2. The summed E-state index contributed by atoms with van der Waals surface area (Å²) in [7, 11) is 0. The molecule has 18 heteroatoms. The molecule has 0 saturated carbocycles. The molecule has 0 spiro atoms. The minimum Gasteiger partial charge on any atom is -0.478 e. The minimum atomic E-state index is -1.77. The number of anilines is 1. The third kappa shape index (κ3) is 4.65. The van der Waals surface area contributed by atoms with Gasteiger partial charge in [-0.15, -0.1) is 27.7 Å². The van der Waals surface area contributed by atoms with Gasteiger partial charge in [0, 0.05) is 22.8 Å². The first kappa shape index (κ1) is 27.2. The summed E-state index contributed by atoms with van der Waals surface area (Å²) in [5, 5.41) is 38.8. The predicted octanol–water partition coefficient (Wildman–Crippen LogP) is -0.224. The fourth-order valence-corrected chi connectivity index (χ4v) is 6.00. The molecule has 0 aromatic carbocycles. The molecule has 0 bridgehead atoms. The van der Waals surface area contributed by atoms with Crippen molar-refractivity contribution in [2.75, 3.05) is 18.0 Å². The Balaban J connectivity index is 1.37. The zero-order valence-electron chi connectivity index (χ0n) is 20.9. The second kappa shape index (κ2) is 9.96. The number of nitrogens with two attached hydrogens (primary N) is 1. The Morgan fingerprint density at radius 3 is 2.80 bits per heavy atom. The van der Waals surface area contributed by atoms with Crippen LogP contribution in [0.4, 0.5) is 5.13 Å². The molecule has 16 nitrogen and oxygen atoms in total. The van der Waals surface area contributed by atoms with Crippen molar-refractivity contribution in [3.8, 4) is 0 Å². The number of fused-ring (bicyclic) bond motifs is 2. The molecule has 40 heavy (non-hydrogen) atoms. The zero-order valence-corrected chi connectivity index (χ0v) is 22.5. The monoisotopic (exact) mass is 588 g/mol. The fraction of sp³-hybridized carbons (Fsp3) is 0.318. The highest BCUT2D eigenvalue weighted by atomic mass is 32.2. The number of oxime groups is 1. The maximum Gasteiger partial charge on any atom is 0.352 e. The highest BCUT2D eigenvalue weighted by Crippen LogP contribution is 2.41. The average Bonchev–Trinajstić information content (AvgIpc) is 3.52. The molecule has 3 atom stereocenters. The number of carboxylic acid groups (broad SMARTS) is 2. The lowest BCUT2D eigenvalue weighted by Crippen LogP contribution is -2.71. The van der Waals surface area contributed by atoms with E-state index in [1.54, 1.807) is 18.4 Å². The average molecular weight is 589 g/mol. The van der Waals surface area contributed by atoms with Gasteiger partial charge >= 0.3 is 11.9 Å². The number of hydrogen-bond donors (Lipinski definition) is 4. The van der Waals surface area contributed by atoms with Crippen molar-refractivity contribution in [1.29, 1.82) is 0 Å². The van der Waals surface area contributed by atoms with E-state index >= 15 is 0 Å². The highest BCUT2D eigenvalue weighted by Gasteiger charge is 2.55. The number of thioether (sulfide) groups is 1. The summed E-state index contributed by atoms with van der Waals surface area (Å²) in [5.74, 6) is -3.39. The highest BCUT2D eigenvalue weighted by molar-refractivity contribution is 8.00. The second-order valence-corrected chi connectivity index (χ2v) is 11.3. The van der Waals surface area contributed by atoms with E-state index in [1.807, 2.05) is 0 Å². The molecule has 5 rings (SSSR count). The molecule has 4 aliphatic rings. The van der Waals surface area contributed by atoms with Gasteiger partial charge < -0.3 is 26.1 Å². The van der Waals surface area contributed by atoms with Gasteiger partial charge in [0.1, 0.15) is 29.4 Å². The van der Waals surface area contributed by atoms with E-state index < -0.39 is 46.5 Å². The van der Waals surface area contributed by atoms with Crippen LogP contribution in [0.15, 0.2) is 49.3 Å². The summed E-state index contributed by atoms with van der Waals surface area (Å²) < 4.78 is -0.153. The van der Waals surface area contributed by atoms with Gasteiger partial charge in [0.2, 0.25) is 11.9 Å². The first-order valence-corrected chi connectivity index (χ1v) is 13.5. The lowest BCUT2D eigenvalue weighted by molar-refractivity contribution is -0.738. The number of carbonyl (C=O) groups is 4. The third-order valence-electron chi connectivity index (χ3n) is 6.23. The number of aromatic nitrogens is 1. The number of aliphatic carboxylic acids is 2. The maximum atomic E-state index is 13.2. The number of nitrogen functional groups attached to an aromatic ring is 1. The van der Waals surface area contributed by atoms with Crippen LogP contribution in [0.2, 0.25) is 0 Å². The number of carbonyl (C=O) groups excluding carboxylic acids is 2. The molecule has 1 aromatic heterocycles. The molecule has 4 aliphatic heterocycles. The number of amidine groups is 1. The fourth-order valence-electron chi connectivity index (χ4n) is 4.11. The van der Waals surface area contributed by atoms with Crippen LogP contribution >= 0.6 is 23.1 Å².